The van der Waals surface area contributed by atoms with E-state index in [1.807, 2.05) is 42.5 Å². The molecule has 0 radical (unpaired) electrons. The molecular formula is C21H18N4S. The molecule has 0 aliphatic carbocycles. The third kappa shape index (κ3) is 3.78. The Morgan fingerprint density at radius 2 is 1.58 bits per heavy atom. The average molecular weight is 358 g/mol. The third-order valence-electron chi connectivity index (χ3n) is 4.09. The van der Waals surface area contributed by atoms with Crippen LogP contribution in [0.1, 0.15) is 5.56 Å². The summed E-state index contributed by atoms with van der Waals surface area (Å²) in [6.45, 7) is 0.868. The maximum Gasteiger partial charge on any atom is 0.231 e. The minimum absolute atomic E-state index is 0.677. The summed E-state index contributed by atoms with van der Waals surface area (Å²) in [6.07, 6.45) is 0. The Hall–Kier alpha value is -3.05. The van der Waals surface area contributed by atoms with Crippen LogP contribution in [0.5, 0.6) is 0 Å². The smallest absolute Gasteiger partial charge is 0.231 e. The van der Waals surface area contributed by atoms with Crippen LogP contribution in [0.2, 0.25) is 0 Å². The van der Waals surface area contributed by atoms with Crippen LogP contribution in [-0.2, 0) is 6.54 Å². The summed E-state index contributed by atoms with van der Waals surface area (Å²) in [5, 5.41) is 9.26. The Morgan fingerprint density at radius 1 is 0.846 bits per heavy atom. The first-order valence-corrected chi connectivity index (χ1v) is 9.22. The van der Waals surface area contributed by atoms with Crippen LogP contribution in [0.25, 0.3) is 10.2 Å². The Morgan fingerprint density at radius 3 is 2.35 bits per heavy atom. The molecule has 26 heavy (non-hydrogen) atoms. The van der Waals surface area contributed by atoms with Crippen LogP contribution < -0.4 is 4.90 Å². The number of aromatic nitrogens is 1. The molecule has 0 fully saturated rings. The van der Waals surface area contributed by atoms with Gasteiger partial charge in [-0.25, -0.2) is 4.98 Å². The van der Waals surface area contributed by atoms with Crippen molar-refractivity contribution in [3.8, 4) is 0 Å². The molecule has 128 valence electrons. The second kappa shape index (κ2) is 7.45. The van der Waals surface area contributed by atoms with Crippen molar-refractivity contribution in [3.63, 3.8) is 0 Å². The number of hydrogen-bond acceptors (Lipinski definition) is 5. The standard InChI is InChI=1S/C21H18N4S/c1-25(15-16-7-3-2-4-8-16)18-13-11-17(12-14-18)23-24-21-22-19-9-5-6-10-20(19)26-21/h2-14H,15H2,1H3. The van der Waals surface area contributed by atoms with Gasteiger partial charge in [-0.1, -0.05) is 53.8 Å². The summed E-state index contributed by atoms with van der Waals surface area (Å²) in [6, 6.07) is 26.5. The SMILES string of the molecule is CN(Cc1ccccc1)c1ccc(N=Nc2nc3ccccc3s2)cc1. The van der Waals surface area contributed by atoms with Gasteiger partial charge in [0.25, 0.3) is 0 Å². The fourth-order valence-electron chi connectivity index (χ4n) is 2.73. The number of nitrogens with zero attached hydrogens (tertiary/aromatic N) is 4. The molecule has 0 saturated carbocycles. The normalized spacial score (nSPS) is 11.3. The van der Waals surface area contributed by atoms with E-state index in [4.69, 9.17) is 0 Å². The molecule has 4 nitrogen and oxygen atoms in total. The monoisotopic (exact) mass is 358 g/mol. The first kappa shape index (κ1) is 16.4. The summed E-state index contributed by atoms with van der Waals surface area (Å²) in [5.74, 6) is 0. The Balaban J connectivity index is 1.45. The molecule has 4 rings (SSSR count). The highest BCUT2D eigenvalue weighted by atomic mass is 32.1. The second-order valence-electron chi connectivity index (χ2n) is 6.02. The van der Waals surface area contributed by atoms with Gasteiger partial charge in [-0.3, -0.25) is 0 Å². The highest BCUT2D eigenvalue weighted by Gasteiger charge is 2.03. The number of hydrogen-bond donors (Lipinski definition) is 0. The largest absolute Gasteiger partial charge is 0.370 e. The molecule has 0 bridgehead atoms. The van der Waals surface area contributed by atoms with Gasteiger partial charge in [-0.05, 0) is 42.0 Å². The molecule has 1 aromatic heterocycles. The van der Waals surface area contributed by atoms with Crippen molar-refractivity contribution in [3.05, 3.63) is 84.4 Å². The third-order valence-corrected chi connectivity index (χ3v) is 5.01. The van der Waals surface area contributed by atoms with E-state index in [-0.39, 0.29) is 0 Å². The number of thiazole rings is 1. The van der Waals surface area contributed by atoms with Gasteiger partial charge in [0, 0.05) is 19.3 Å². The molecule has 0 aliphatic heterocycles. The quantitative estimate of drug-likeness (QED) is 0.390. The number of rotatable bonds is 5. The van der Waals surface area contributed by atoms with Crippen LogP contribution in [0.15, 0.2) is 89.1 Å². The molecule has 0 unspecified atom stereocenters. The molecule has 3 aromatic carbocycles. The lowest BCUT2D eigenvalue weighted by Gasteiger charge is -2.19. The zero-order valence-corrected chi connectivity index (χ0v) is 15.2. The lowest BCUT2D eigenvalue weighted by Crippen LogP contribution is -2.15. The predicted octanol–water partition coefficient (Wildman–Crippen LogP) is 6.35. The molecule has 4 aromatic rings. The molecule has 5 heteroatoms. The maximum absolute atomic E-state index is 4.47. The first-order chi connectivity index (χ1) is 12.8. The predicted molar refractivity (Wildman–Crippen MR) is 109 cm³/mol. The Bertz CT molecular complexity index is 990. The first-order valence-electron chi connectivity index (χ1n) is 8.40. The van der Waals surface area contributed by atoms with Gasteiger partial charge in [0.15, 0.2) is 0 Å². The van der Waals surface area contributed by atoms with Crippen LogP contribution in [0.3, 0.4) is 0 Å². The van der Waals surface area contributed by atoms with E-state index < -0.39 is 0 Å². The van der Waals surface area contributed by atoms with Gasteiger partial charge in [0.2, 0.25) is 5.13 Å². The molecule has 0 aliphatic rings. The zero-order valence-electron chi connectivity index (χ0n) is 14.4. The second-order valence-corrected chi connectivity index (χ2v) is 7.03. The minimum Gasteiger partial charge on any atom is -0.370 e. The Labute approximate surface area is 156 Å². The number of anilines is 1. The van der Waals surface area contributed by atoms with Crippen LogP contribution in [-0.4, -0.2) is 12.0 Å². The molecule has 0 N–H and O–H groups in total. The van der Waals surface area contributed by atoms with Crippen molar-refractivity contribution >= 4 is 38.1 Å². The molecule has 1 heterocycles. The number of para-hydroxylation sites is 1. The van der Waals surface area contributed by atoms with E-state index in [9.17, 15) is 0 Å². The summed E-state index contributed by atoms with van der Waals surface area (Å²) in [7, 11) is 2.09. The van der Waals surface area contributed by atoms with Crippen molar-refractivity contribution in [2.45, 2.75) is 6.54 Å². The number of benzene rings is 3. The van der Waals surface area contributed by atoms with E-state index >= 15 is 0 Å². The van der Waals surface area contributed by atoms with Crippen molar-refractivity contribution in [1.82, 2.24) is 4.98 Å². The summed E-state index contributed by atoms with van der Waals surface area (Å²) >= 11 is 1.55. The number of fused-ring (bicyclic) bond motifs is 1. The lowest BCUT2D eigenvalue weighted by atomic mass is 10.2. The molecule has 0 atom stereocenters. The van der Waals surface area contributed by atoms with Crippen molar-refractivity contribution in [2.75, 3.05) is 11.9 Å². The average Bonchev–Trinajstić information content (AvgIpc) is 3.10. The summed E-state index contributed by atoms with van der Waals surface area (Å²) < 4.78 is 1.12. The zero-order chi connectivity index (χ0) is 17.8. The summed E-state index contributed by atoms with van der Waals surface area (Å²) in [4.78, 5) is 6.68. The van der Waals surface area contributed by atoms with Crippen LogP contribution in [0.4, 0.5) is 16.5 Å². The molecule has 0 saturated heterocycles. The fraction of sp³-hybridized carbons (Fsp3) is 0.0952. The topological polar surface area (TPSA) is 40.9 Å². The highest BCUT2D eigenvalue weighted by Crippen LogP contribution is 2.29. The maximum atomic E-state index is 4.47. The van der Waals surface area contributed by atoms with E-state index in [0.717, 1.165) is 28.1 Å². The molecular weight excluding hydrogens is 340 g/mol. The van der Waals surface area contributed by atoms with Gasteiger partial charge in [-0.15, -0.1) is 10.2 Å². The van der Waals surface area contributed by atoms with Gasteiger partial charge in [0.1, 0.15) is 0 Å². The Kier molecular flexibility index (Phi) is 4.71. The summed E-state index contributed by atoms with van der Waals surface area (Å²) in [5.41, 5.74) is 4.22. The van der Waals surface area contributed by atoms with Crippen molar-refractivity contribution in [2.24, 2.45) is 10.2 Å². The van der Waals surface area contributed by atoms with Crippen molar-refractivity contribution in [1.29, 1.82) is 0 Å². The van der Waals surface area contributed by atoms with Gasteiger partial charge < -0.3 is 4.90 Å². The molecule has 0 spiro atoms. The van der Waals surface area contributed by atoms with E-state index in [1.165, 1.54) is 5.56 Å². The number of azo groups is 1. The fourth-order valence-corrected chi connectivity index (χ4v) is 3.51. The van der Waals surface area contributed by atoms with Crippen molar-refractivity contribution < 1.29 is 0 Å². The van der Waals surface area contributed by atoms with Gasteiger partial charge in [0.05, 0.1) is 15.9 Å². The van der Waals surface area contributed by atoms with E-state index in [0.29, 0.717) is 5.13 Å². The molecule has 0 amide bonds. The van der Waals surface area contributed by atoms with Crippen LogP contribution >= 0.6 is 11.3 Å². The lowest BCUT2D eigenvalue weighted by molar-refractivity contribution is 0.923. The van der Waals surface area contributed by atoms with E-state index in [1.54, 1.807) is 11.3 Å². The van der Waals surface area contributed by atoms with E-state index in [2.05, 4.69) is 63.6 Å². The van der Waals surface area contributed by atoms with Gasteiger partial charge >= 0.3 is 0 Å². The minimum atomic E-state index is 0.677. The van der Waals surface area contributed by atoms with Gasteiger partial charge in [-0.2, -0.15) is 0 Å². The van der Waals surface area contributed by atoms with Crippen LogP contribution in [0, 0.1) is 0 Å². The highest BCUT2D eigenvalue weighted by molar-refractivity contribution is 7.21.